The van der Waals surface area contributed by atoms with Crippen molar-refractivity contribution >= 4 is 28.9 Å². The molecule has 0 heterocycles. The second kappa shape index (κ2) is 6.98. The average Bonchev–Trinajstić information content (AvgIpc) is 2.35. The highest BCUT2D eigenvalue weighted by atomic mass is 35.5. The number of hydrogen-bond donors (Lipinski definition) is 2. The van der Waals surface area contributed by atoms with Crippen LogP contribution in [0, 0.1) is 12.8 Å². The lowest BCUT2D eigenvalue weighted by atomic mass is 9.90. The number of nitrogens with one attached hydrogen (secondary N) is 1. The highest BCUT2D eigenvalue weighted by Crippen LogP contribution is 2.28. The Morgan fingerprint density at radius 3 is 2.45 bits per heavy atom. The molecular weight excluding hydrogens is 272 g/mol. The number of hydrogen-bond acceptors (Lipinski definition) is 2. The molecule has 0 aliphatic heterocycles. The molecule has 1 aromatic rings. The van der Waals surface area contributed by atoms with Gasteiger partial charge in [0.1, 0.15) is 0 Å². The molecule has 3 nitrogen and oxygen atoms in total. The SMILES string of the molecule is Cc1cc(N)c(Cl)cc1NC(=O)C1CCCCCCC1. The van der Waals surface area contributed by atoms with Crippen LogP contribution in [0.1, 0.15) is 50.5 Å². The third-order valence-electron chi connectivity index (χ3n) is 4.08. The summed E-state index contributed by atoms with van der Waals surface area (Å²) in [6.45, 7) is 1.93. The molecule has 4 heteroatoms. The van der Waals surface area contributed by atoms with Crippen molar-refractivity contribution in [1.82, 2.24) is 0 Å². The van der Waals surface area contributed by atoms with Gasteiger partial charge in [-0.1, -0.05) is 43.7 Å². The van der Waals surface area contributed by atoms with Crippen molar-refractivity contribution in [1.29, 1.82) is 0 Å². The number of nitrogens with two attached hydrogens (primary N) is 1. The summed E-state index contributed by atoms with van der Waals surface area (Å²) < 4.78 is 0. The third-order valence-corrected chi connectivity index (χ3v) is 4.40. The first-order valence-corrected chi connectivity index (χ1v) is 7.82. The van der Waals surface area contributed by atoms with E-state index in [1.165, 1.54) is 19.3 Å². The predicted molar refractivity (Wildman–Crippen MR) is 85.0 cm³/mol. The minimum atomic E-state index is 0.121. The fraction of sp³-hybridized carbons (Fsp3) is 0.562. The number of nitrogen functional groups attached to an aromatic ring is 1. The lowest BCUT2D eigenvalue weighted by Crippen LogP contribution is -2.24. The van der Waals surface area contributed by atoms with E-state index >= 15 is 0 Å². The minimum absolute atomic E-state index is 0.121. The molecule has 1 aromatic carbocycles. The predicted octanol–water partition coefficient (Wildman–Crippen LogP) is 4.53. The molecule has 0 unspecified atom stereocenters. The minimum Gasteiger partial charge on any atom is -0.398 e. The number of amides is 1. The average molecular weight is 295 g/mol. The molecule has 0 spiro atoms. The molecule has 1 aliphatic carbocycles. The first-order chi connectivity index (χ1) is 9.58. The van der Waals surface area contributed by atoms with Crippen LogP contribution in [-0.2, 0) is 4.79 Å². The van der Waals surface area contributed by atoms with Gasteiger partial charge in [0.15, 0.2) is 0 Å². The molecule has 0 bridgehead atoms. The van der Waals surface area contributed by atoms with Crippen molar-refractivity contribution in [2.45, 2.75) is 51.9 Å². The second-order valence-corrected chi connectivity index (χ2v) is 6.13. The zero-order chi connectivity index (χ0) is 14.5. The van der Waals surface area contributed by atoms with E-state index in [0.29, 0.717) is 10.7 Å². The molecule has 110 valence electrons. The Morgan fingerprint density at radius 2 is 1.80 bits per heavy atom. The Labute approximate surface area is 125 Å². The van der Waals surface area contributed by atoms with Gasteiger partial charge in [-0.05, 0) is 37.5 Å². The van der Waals surface area contributed by atoms with E-state index < -0.39 is 0 Å². The standard InChI is InChI=1S/C16H23ClN2O/c1-11-9-14(18)13(17)10-15(11)19-16(20)12-7-5-3-2-4-6-8-12/h9-10,12H,2-8,18H2,1H3,(H,19,20). The summed E-state index contributed by atoms with van der Waals surface area (Å²) in [5.41, 5.74) is 8.03. The summed E-state index contributed by atoms with van der Waals surface area (Å²) in [5, 5.41) is 3.51. The van der Waals surface area contributed by atoms with E-state index in [9.17, 15) is 4.79 Å². The Bertz CT molecular complexity index is 480. The van der Waals surface area contributed by atoms with Gasteiger partial charge in [0.25, 0.3) is 0 Å². The number of aryl methyl sites for hydroxylation is 1. The number of rotatable bonds is 2. The molecule has 2 rings (SSSR count). The summed E-state index contributed by atoms with van der Waals surface area (Å²) in [5.74, 6) is 0.252. The monoisotopic (exact) mass is 294 g/mol. The maximum Gasteiger partial charge on any atom is 0.227 e. The van der Waals surface area contributed by atoms with E-state index in [1.54, 1.807) is 12.1 Å². The normalized spacial score (nSPS) is 17.3. The van der Waals surface area contributed by atoms with Crippen LogP contribution in [0.4, 0.5) is 11.4 Å². The van der Waals surface area contributed by atoms with Gasteiger partial charge in [-0.2, -0.15) is 0 Å². The van der Waals surface area contributed by atoms with E-state index in [0.717, 1.165) is 36.9 Å². The molecule has 1 amide bonds. The Morgan fingerprint density at radius 1 is 1.20 bits per heavy atom. The number of halogens is 1. The largest absolute Gasteiger partial charge is 0.398 e. The summed E-state index contributed by atoms with van der Waals surface area (Å²) in [7, 11) is 0. The van der Waals surface area contributed by atoms with E-state index in [4.69, 9.17) is 17.3 Å². The number of carbonyl (C=O) groups is 1. The summed E-state index contributed by atoms with van der Waals surface area (Å²) in [6, 6.07) is 3.54. The van der Waals surface area contributed by atoms with Crippen LogP contribution in [0.15, 0.2) is 12.1 Å². The number of anilines is 2. The Hall–Kier alpha value is -1.22. The Kier molecular flexibility index (Phi) is 5.30. The van der Waals surface area contributed by atoms with Crippen molar-refractivity contribution in [3.8, 4) is 0 Å². The highest BCUT2D eigenvalue weighted by Gasteiger charge is 2.20. The highest BCUT2D eigenvalue weighted by molar-refractivity contribution is 6.33. The van der Waals surface area contributed by atoms with Crippen LogP contribution in [0.25, 0.3) is 0 Å². The van der Waals surface area contributed by atoms with Gasteiger partial charge < -0.3 is 11.1 Å². The van der Waals surface area contributed by atoms with Crippen molar-refractivity contribution in [2.24, 2.45) is 5.92 Å². The fourth-order valence-electron chi connectivity index (χ4n) is 2.79. The van der Waals surface area contributed by atoms with E-state index in [2.05, 4.69) is 5.32 Å². The number of benzene rings is 1. The molecule has 1 fully saturated rings. The zero-order valence-corrected chi connectivity index (χ0v) is 12.8. The first kappa shape index (κ1) is 15.2. The van der Waals surface area contributed by atoms with Crippen LogP contribution in [0.2, 0.25) is 5.02 Å². The maximum atomic E-state index is 12.4. The van der Waals surface area contributed by atoms with Gasteiger partial charge in [0.2, 0.25) is 5.91 Å². The van der Waals surface area contributed by atoms with Crippen molar-refractivity contribution in [3.05, 3.63) is 22.7 Å². The molecular formula is C16H23ClN2O. The van der Waals surface area contributed by atoms with Gasteiger partial charge in [0, 0.05) is 11.6 Å². The molecule has 1 saturated carbocycles. The van der Waals surface area contributed by atoms with Gasteiger partial charge in [-0.25, -0.2) is 0 Å². The molecule has 0 atom stereocenters. The Balaban J connectivity index is 2.04. The van der Waals surface area contributed by atoms with Gasteiger partial charge in [0.05, 0.1) is 10.7 Å². The van der Waals surface area contributed by atoms with E-state index in [-0.39, 0.29) is 11.8 Å². The van der Waals surface area contributed by atoms with Gasteiger partial charge in [-0.15, -0.1) is 0 Å². The molecule has 0 saturated heterocycles. The van der Waals surface area contributed by atoms with Crippen molar-refractivity contribution in [3.63, 3.8) is 0 Å². The quantitative estimate of drug-likeness (QED) is 0.787. The van der Waals surface area contributed by atoms with Crippen LogP contribution >= 0.6 is 11.6 Å². The van der Waals surface area contributed by atoms with Crippen LogP contribution in [0.5, 0.6) is 0 Å². The van der Waals surface area contributed by atoms with Crippen molar-refractivity contribution < 1.29 is 4.79 Å². The zero-order valence-electron chi connectivity index (χ0n) is 12.0. The molecule has 20 heavy (non-hydrogen) atoms. The first-order valence-electron chi connectivity index (χ1n) is 7.44. The van der Waals surface area contributed by atoms with Crippen LogP contribution in [0.3, 0.4) is 0 Å². The topological polar surface area (TPSA) is 55.1 Å². The summed E-state index contributed by atoms with van der Waals surface area (Å²) >= 11 is 6.03. The van der Waals surface area contributed by atoms with Gasteiger partial charge in [-0.3, -0.25) is 4.79 Å². The summed E-state index contributed by atoms with van der Waals surface area (Å²) in [4.78, 5) is 12.4. The molecule has 1 aliphatic rings. The summed E-state index contributed by atoms with van der Waals surface area (Å²) in [6.07, 6.45) is 8.09. The fourth-order valence-corrected chi connectivity index (χ4v) is 2.96. The maximum absolute atomic E-state index is 12.4. The van der Waals surface area contributed by atoms with Crippen LogP contribution < -0.4 is 11.1 Å². The lowest BCUT2D eigenvalue weighted by Gasteiger charge is -2.20. The molecule has 0 radical (unpaired) electrons. The van der Waals surface area contributed by atoms with Crippen molar-refractivity contribution in [2.75, 3.05) is 11.1 Å². The molecule has 0 aromatic heterocycles. The smallest absolute Gasteiger partial charge is 0.227 e. The third kappa shape index (κ3) is 3.89. The number of carbonyl (C=O) groups excluding carboxylic acids is 1. The molecule has 3 N–H and O–H groups in total. The second-order valence-electron chi connectivity index (χ2n) is 5.72. The lowest BCUT2D eigenvalue weighted by molar-refractivity contribution is -0.120. The van der Waals surface area contributed by atoms with Gasteiger partial charge >= 0.3 is 0 Å². The van der Waals surface area contributed by atoms with Crippen LogP contribution in [-0.4, -0.2) is 5.91 Å². The van der Waals surface area contributed by atoms with E-state index in [1.807, 2.05) is 6.92 Å².